The Kier molecular flexibility index (Phi) is 2.95. The van der Waals surface area contributed by atoms with Crippen LogP contribution in [0, 0.1) is 24.0 Å². The number of aromatic nitrogens is 4. The normalized spacial score (nSPS) is 10.4. The van der Waals surface area contributed by atoms with Crippen molar-refractivity contribution in [1.29, 1.82) is 0 Å². The molecule has 9 heteroatoms. The second-order valence-corrected chi connectivity index (χ2v) is 3.74. The SMILES string of the molecule is Cc1nc(C)n(-c2ncc([N+](=O)[O-])cc2C(=O)O)n1. The molecule has 98 valence electrons. The van der Waals surface area contributed by atoms with E-state index in [2.05, 4.69) is 15.1 Å². The van der Waals surface area contributed by atoms with Gasteiger partial charge in [0.1, 0.15) is 23.4 Å². The topological polar surface area (TPSA) is 124 Å². The first-order chi connectivity index (χ1) is 8.90. The molecule has 0 saturated heterocycles. The molecule has 0 bridgehead atoms. The van der Waals surface area contributed by atoms with E-state index in [1.54, 1.807) is 13.8 Å². The molecule has 19 heavy (non-hydrogen) atoms. The van der Waals surface area contributed by atoms with Gasteiger partial charge in [0.2, 0.25) is 0 Å². The molecule has 0 unspecified atom stereocenters. The molecule has 0 fully saturated rings. The Morgan fingerprint density at radius 1 is 1.47 bits per heavy atom. The van der Waals surface area contributed by atoms with Crippen molar-refractivity contribution in [2.45, 2.75) is 13.8 Å². The van der Waals surface area contributed by atoms with Crippen LogP contribution < -0.4 is 0 Å². The lowest BCUT2D eigenvalue weighted by Gasteiger charge is -2.05. The van der Waals surface area contributed by atoms with Crippen LogP contribution >= 0.6 is 0 Å². The Labute approximate surface area is 106 Å². The van der Waals surface area contributed by atoms with Crippen molar-refractivity contribution in [3.05, 3.63) is 39.6 Å². The fourth-order valence-corrected chi connectivity index (χ4v) is 1.59. The van der Waals surface area contributed by atoms with Crippen molar-refractivity contribution < 1.29 is 14.8 Å². The summed E-state index contributed by atoms with van der Waals surface area (Å²) < 4.78 is 1.24. The van der Waals surface area contributed by atoms with Gasteiger partial charge in [-0.15, -0.1) is 5.10 Å². The summed E-state index contributed by atoms with van der Waals surface area (Å²) in [4.78, 5) is 28.9. The third-order valence-corrected chi connectivity index (χ3v) is 2.37. The number of hydrogen-bond donors (Lipinski definition) is 1. The van der Waals surface area contributed by atoms with Crippen LogP contribution in [0.4, 0.5) is 5.69 Å². The minimum absolute atomic E-state index is 0.00352. The Balaban J connectivity index is 2.66. The quantitative estimate of drug-likeness (QED) is 0.643. The summed E-state index contributed by atoms with van der Waals surface area (Å²) in [6, 6.07) is 0.946. The second kappa shape index (κ2) is 4.44. The van der Waals surface area contributed by atoms with E-state index in [1.807, 2.05) is 0 Å². The molecule has 2 rings (SSSR count). The average molecular weight is 263 g/mol. The molecule has 0 aliphatic heterocycles. The van der Waals surface area contributed by atoms with Gasteiger partial charge in [-0.3, -0.25) is 10.1 Å². The van der Waals surface area contributed by atoms with Gasteiger partial charge < -0.3 is 5.11 Å². The highest BCUT2D eigenvalue weighted by atomic mass is 16.6. The molecule has 2 aromatic heterocycles. The fraction of sp³-hybridized carbons (Fsp3) is 0.200. The maximum absolute atomic E-state index is 11.2. The van der Waals surface area contributed by atoms with Crippen LogP contribution in [0.5, 0.6) is 0 Å². The van der Waals surface area contributed by atoms with Crippen LogP contribution in [0.15, 0.2) is 12.3 Å². The maximum atomic E-state index is 11.2. The lowest BCUT2D eigenvalue weighted by atomic mass is 10.2. The molecule has 0 radical (unpaired) electrons. The van der Waals surface area contributed by atoms with Gasteiger partial charge in [-0.1, -0.05) is 0 Å². The summed E-state index contributed by atoms with van der Waals surface area (Å²) in [7, 11) is 0. The summed E-state index contributed by atoms with van der Waals surface area (Å²) in [5, 5.41) is 23.7. The molecule has 0 atom stereocenters. The van der Waals surface area contributed by atoms with Crippen molar-refractivity contribution in [3.63, 3.8) is 0 Å². The number of nitro groups is 1. The van der Waals surface area contributed by atoms with E-state index in [0.29, 0.717) is 11.6 Å². The molecule has 0 aliphatic carbocycles. The average Bonchev–Trinajstić information content (AvgIpc) is 2.67. The summed E-state index contributed by atoms with van der Waals surface area (Å²) in [6.45, 7) is 3.28. The van der Waals surface area contributed by atoms with E-state index in [-0.39, 0.29) is 11.4 Å². The molecule has 0 saturated carbocycles. The van der Waals surface area contributed by atoms with Crippen LogP contribution in [-0.4, -0.2) is 35.7 Å². The third-order valence-electron chi connectivity index (χ3n) is 2.37. The van der Waals surface area contributed by atoms with Gasteiger partial charge in [-0.25, -0.2) is 14.8 Å². The number of aryl methyl sites for hydroxylation is 2. The molecular weight excluding hydrogens is 254 g/mol. The molecular formula is C10H9N5O4. The van der Waals surface area contributed by atoms with Crippen LogP contribution in [0.3, 0.4) is 0 Å². The Bertz CT molecular complexity index is 679. The molecule has 0 aliphatic rings. The van der Waals surface area contributed by atoms with Crippen molar-refractivity contribution >= 4 is 11.7 Å². The number of pyridine rings is 1. The van der Waals surface area contributed by atoms with Crippen LogP contribution in [0.1, 0.15) is 22.0 Å². The first-order valence-electron chi connectivity index (χ1n) is 5.18. The number of nitrogens with zero attached hydrogens (tertiary/aromatic N) is 5. The maximum Gasteiger partial charge on any atom is 0.339 e. The van der Waals surface area contributed by atoms with E-state index in [9.17, 15) is 14.9 Å². The molecule has 0 spiro atoms. The number of rotatable bonds is 3. The fourth-order valence-electron chi connectivity index (χ4n) is 1.59. The minimum Gasteiger partial charge on any atom is -0.478 e. The van der Waals surface area contributed by atoms with Gasteiger partial charge >= 0.3 is 5.97 Å². The number of carboxylic acid groups (broad SMARTS) is 1. The summed E-state index contributed by atoms with van der Waals surface area (Å²) >= 11 is 0. The van der Waals surface area contributed by atoms with Gasteiger partial charge in [0.05, 0.1) is 4.92 Å². The zero-order chi connectivity index (χ0) is 14.2. The van der Waals surface area contributed by atoms with Crippen molar-refractivity contribution in [1.82, 2.24) is 19.7 Å². The Hall–Kier alpha value is -2.84. The second-order valence-electron chi connectivity index (χ2n) is 3.74. The lowest BCUT2D eigenvalue weighted by molar-refractivity contribution is -0.385. The van der Waals surface area contributed by atoms with E-state index in [1.165, 1.54) is 4.68 Å². The van der Waals surface area contributed by atoms with Gasteiger partial charge in [-0.2, -0.15) is 4.68 Å². The monoisotopic (exact) mass is 263 g/mol. The highest BCUT2D eigenvalue weighted by molar-refractivity contribution is 5.91. The van der Waals surface area contributed by atoms with Gasteiger partial charge in [0.15, 0.2) is 5.82 Å². The van der Waals surface area contributed by atoms with Crippen LogP contribution in [0.25, 0.3) is 5.82 Å². The molecule has 1 N–H and O–H groups in total. The van der Waals surface area contributed by atoms with E-state index < -0.39 is 16.6 Å². The van der Waals surface area contributed by atoms with Gasteiger partial charge in [0, 0.05) is 6.07 Å². The summed E-state index contributed by atoms with van der Waals surface area (Å²) in [5.74, 6) is -0.426. The Morgan fingerprint density at radius 2 is 2.16 bits per heavy atom. The molecule has 0 amide bonds. The highest BCUT2D eigenvalue weighted by Gasteiger charge is 2.20. The zero-order valence-electron chi connectivity index (χ0n) is 10.1. The minimum atomic E-state index is -1.32. The van der Waals surface area contributed by atoms with Crippen LogP contribution in [0.2, 0.25) is 0 Å². The zero-order valence-corrected chi connectivity index (χ0v) is 10.1. The van der Waals surface area contributed by atoms with Crippen molar-refractivity contribution in [2.75, 3.05) is 0 Å². The summed E-state index contributed by atoms with van der Waals surface area (Å²) in [6.07, 6.45) is 0.984. The third kappa shape index (κ3) is 2.25. The smallest absolute Gasteiger partial charge is 0.339 e. The first kappa shape index (κ1) is 12.6. The van der Waals surface area contributed by atoms with Crippen molar-refractivity contribution in [2.24, 2.45) is 0 Å². The number of carboxylic acids is 1. The molecule has 0 aromatic carbocycles. The highest BCUT2D eigenvalue weighted by Crippen LogP contribution is 2.19. The first-order valence-corrected chi connectivity index (χ1v) is 5.18. The van der Waals surface area contributed by atoms with E-state index in [0.717, 1.165) is 12.3 Å². The number of aromatic carboxylic acids is 1. The lowest BCUT2D eigenvalue weighted by Crippen LogP contribution is -2.11. The molecule has 2 aromatic rings. The van der Waals surface area contributed by atoms with E-state index >= 15 is 0 Å². The van der Waals surface area contributed by atoms with Gasteiger partial charge in [-0.05, 0) is 13.8 Å². The van der Waals surface area contributed by atoms with Crippen molar-refractivity contribution in [3.8, 4) is 5.82 Å². The summed E-state index contributed by atoms with van der Waals surface area (Å²) in [5.41, 5.74) is -0.696. The molecule has 2 heterocycles. The largest absolute Gasteiger partial charge is 0.478 e. The van der Waals surface area contributed by atoms with E-state index in [4.69, 9.17) is 5.11 Å². The number of hydrogen-bond acceptors (Lipinski definition) is 6. The standard InChI is InChI=1S/C10H9N5O4/c1-5-12-6(2)14(13-5)9-8(10(16)17)3-7(4-11-9)15(18)19/h3-4H,1-2H3,(H,16,17). The van der Waals surface area contributed by atoms with Crippen LogP contribution in [-0.2, 0) is 0 Å². The number of carbonyl (C=O) groups is 1. The predicted octanol–water partition coefficient (Wildman–Crippen LogP) is 0.886. The molecule has 9 nitrogen and oxygen atoms in total. The predicted molar refractivity (Wildman–Crippen MR) is 62.2 cm³/mol. The Morgan fingerprint density at radius 3 is 2.63 bits per heavy atom. The van der Waals surface area contributed by atoms with Gasteiger partial charge in [0.25, 0.3) is 5.69 Å².